The lowest BCUT2D eigenvalue weighted by molar-refractivity contribution is 0.0283. The third-order valence-corrected chi connectivity index (χ3v) is 6.05. The van der Waals surface area contributed by atoms with E-state index in [1.807, 2.05) is 30.3 Å². The van der Waals surface area contributed by atoms with Gasteiger partial charge in [0.25, 0.3) is 0 Å². The molecule has 1 aliphatic carbocycles. The molecule has 0 heterocycles. The van der Waals surface area contributed by atoms with Gasteiger partial charge in [-0.3, -0.25) is 0 Å². The predicted octanol–water partition coefficient (Wildman–Crippen LogP) is 2.63. The van der Waals surface area contributed by atoms with Crippen LogP contribution in [-0.4, -0.2) is 25.7 Å². The zero-order valence-corrected chi connectivity index (χ0v) is 14.2. The number of benzene rings is 2. The van der Waals surface area contributed by atoms with E-state index in [9.17, 15) is 22.3 Å². The van der Waals surface area contributed by atoms with E-state index < -0.39 is 38.7 Å². The van der Waals surface area contributed by atoms with Gasteiger partial charge in [0.1, 0.15) is 11.6 Å². The van der Waals surface area contributed by atoms with Crippen molar-refractivity contribution < 1.29 is 22.3 Å². The molecule has 2 N–H and O–H groups in total. The van der Waals surface area contributed by atoms with Crippen molar-refractivity contribution in [2.75, 3.05) is 0 Å². The number of sulfonamides is 1. The van der Waals surface area contributed by atoms with E-state index in [2.05, 4.69) is 4.72 Å². The number of aliphatic hydroxyl groups is 1. The second-order valence-corrected chi connectivity index (χ2v) is 8.00. The van der Waals surface area contributed by atoms with Gasteiger partial charge in [-0.05, 0) is 42.9 Å². The minimum absolute atomic E-state index is 0.0835. The molecule has 0 spiro atoms. The van der Waals surface area contributed by atoms with Crippen LogP contribution in [0, 0.1) is 17.6 Å². The average Bonchev–Trinajstić information content (AvgIpc) is 2.51. The lowest BCUT2D eigenvalue weighted by Crippen LogP contribution is -2.48. The minimum Gasteiger partial charge on any atom is -0.393 e. The Bertz CT molecular complexity index is 816. The SMILES string of the molecule is O=S(=O)(N[C@H](Cc1ccccc1)C1CC(O)C1)c1c(F)cccc1F. The molecule has 2 aromatic carbocycles. The van der Waals surface area contributed by atoms with Crippen LogP contribution in [0.3, 0.4) is 0 Å². The van der Waals surface area contributed by atoms with Gasteiger partial charge in [-0.25, -0.2) is 21.9 Å². The van der Waals surface area contributed by atoms with E-state index in [4.69, 9.17) is 0 Å². The smallest absolute Gasteiger partial charge is 0.246 e. The van der Waals surface area contributed by atoms with Crippen molar-refractivity contribution in [3.63, 3.8) is 0 Å². The van der Waals surface area contributed by atoms with Gasteiger partial charge in [0.05, 0.1) is 6.10 Å². The molecule has 1 atom stereocenters. The van der Waals surface area contributed by atoms with Gasteiger partial charge in [0.2, 0.25) is 10.0 Å². The summed E-state index contributed by atoms with van der Waals surface area (Å²) in [6.07, 6.45) is 0.838. The Labute approximate surface area is 145 Å². The maximum absolute atomic E-state index is 13.9. The number of nitrogens with one attached hydrogen (secondary N) is 1. The Morgan fingerprint density at radius 2 is 1.64 bits per heavy atom. The van der Waals surface area contributed by atoms with Crippen molar-refractivity contribution >= 4 is 10.0 Å². The van der Waals surface area contributed by atoms with E-state index in [1.54, 1.807) is 0 Å². The van der Waals surface area contributed by atoms with Gasteiger partial charge in [0.15, 0.2) is 4.90 Å². The molecule has 0 unspecified atom stereocenters. The second kappa shape index (κ2) is 7.19. The predicted molar refractivity (Wildman–Crippen MR) is 89.3 cm³/mol. The molecule has 0 aliphatic heterocycles. The van der Waals surface area contributed by atoms with Crippen LogP contribution in [0.1, 0.15) is 18.4 Å². The molecule has 4 nitrogen and oxygen atoms in total. The topological polar surface area (TPSA) is 66.4 Å². The van der Waals surface area contributed by atoms with E-state index in [0.29, 0.717) is 19.3 Å². The molecule has 1 aliphatic rings. The van der Waals surface area contributed by atoms with E-state index >= 15 is 0 Å². The lowest BCUT2D eigenvalue weighted by atomic mass is 9.76. The highest BCUT2D eigenvalue weighted by Crippen LogP contribution is 2.33. The fraction of sp³-hybridized carbons (Fsp3) is 0.333. The Morgan fingerprint density at radius 1 is 1.04 bits per heavy atom. The Balaban J connectivity index is 1.86. The minimum atomic E-state index is -4.36. The van der Waals surface area contributed by atoms with Crippen molar-refractivity contribution in [2.24, 2.45) is 5.92 Å². The highest BCUT2D eigenvalue weighted by Gasteiger charge is 2.37. The van der Waals surface area contributed by atoms with E-state index in [0.717, 1.165) is 23.8 Å². The third kappa shape index (κ3) is 4.05. The molecular weight excluding hydrogens is 348 g/mol. The zero-order valence-electron chi connectivity index (χ0n) is 13.4. The molecule has 0 bridgehead atoms. The molecule has 25 heavy (non-hydrogen) atoms. The molecule has 0 radical (unpaired) electrons. The second-order valence-electron chi connectivity index (χ2n) is 6.35. The van der Waals surface area contributed by atoms with Gasteiger partial charge in [-0.15, -0.1) is 0 Å². The molecule has 134 valence electrons. The summed E-state index contributed by atoms with van der Waals surface area (Å²) in [4.78, 5) is -0.965. The largest absolute Gasteiger partial charge is 0.393 e. The number of hydrogen-bond acceptors (Lipinski definition) is 3. The monoisotopic (exact) mass is 367 g/mol. The third-order valence-electron chi connectivity index (χ3n) is 4.51. The molecule has 1 saturated carbocycles. The fourth-order valence-electron chi connectivity index (χ4n) is 3.13. The van der Waals surface area contributed by atoms with Crippen molar-refractivity contribution in [3.8, 4) is 0 Å². The highest BCUT2D eigenvalue weighted by atomic mass is 32.2. The van der Waals surface area contributed by atoms with Crippen molar-refractivity contribution in [1.82, 2.24) is 4.72 Å². The number of aliphatic hydroxyl groups excluding tert-OH is 1. The molecule has 3 rings (SSSR count). The summed E-state index contributed by atoms with van der Waals surface area (Å²) in [6, 6.07) is 11.7. The summed E-state index contributed by atoms with van der Waals surface area (Å²) in [5.41, 5.74) is 0.908. The molecule has 0 saturated heterocycles. The number of halogens is 2. The Hall–Kier alpha value is -1.83. The van der Waals surface area contributed by atoms with Crippen molar-refractivity contribution in [3.05, 3.63) is 65.7 Å². The average molecular weight is 367 g/mol. The van der Waals surface area contributed by atoms with Gasteiger partial charge in [-0.1, -0.05) is 36.4 Å². The van der Waals surface area contributed by atoms with Crippen LogP contribution in [0.4, 0.5) is 8.78 Å². The first-order valence-corrected chi connectivity index (χ1v) is 9.53. The molecule has 0 aromatic heterocycles. The highest BCUT2D eigenvalue weighted by molar-refractivity contribution is 7.89. The summed E-state index contributed by atoms with van der Waals surface area (Å²) in [5, 5.41) is 9.54. The summed E-state index contributed by atoms with van der Waals surface area (Å²) < 4.78 is 55.3. The molecule has 0 amide bonds. The van der Waals surface area contributed by atoms with Crippen molar-refractivity contribution in [2.45, 2.75) is 36.3 Å². The van der Waals surface area contributed by atoms with Gasteiger partial charge < -0.3 is 5.11 Å². The first kappa shape index (κ1) is 18.0. The van der Waals surface area contributed by atoms with Crippen LogP contribution in [0.2, 0.25) is 0 Å². The number of hydrogen-bond donors (Lipinski definition) is 2. The molecule has 1 fully saturated rings. The molecule has 7 heteroatoms. The standard InChI is InChI=1S/C18H19F2NO3S/c19-15-7-4-8-16(20)18(15)25(23,24)21-17(13-10-14(22)11-13)9-12-5-2-1-3-6-12/h1-8,13-14,17,21-22H,9-11H2/t13?,14?,17-/m1/s1. The first-order valence-electron chi connectivity index (χ1n) is 8.05. The number of rotatable bonds is 6. The van der Waals surface area contributed by atoms with E-state index in [-0.39, 0.29) is 5.92 Å². The normalized spacial score (nSPS) is 21.6. The van der Waals surface area contributed by atoms with Gasteiger partial charge in [0, 0.05) is 6.04 Å². The molecule has 2 aromatic rings. The van der Waals surface area contributed by atoms with Crippen LogP contribution in [-0.2, 0) is 16.4 Å². The van der Waals surface area contributed by atoms with Crippen LogP contribution in [0.5, 0.6) is 0 Å². The van der Waals surface area contributed by atoms with Gasteiger partial charge >= 0.3 is 0 Å². The maximum atomic E-state index is 13.9. The summed E-state index contributed by atoms with van der Waals surface area (Å²) in [5.74, 6) is -2.33. The maximum Gasteiger partial charge on any atom is 0.246 e. The van der Waals surface area contributed by atoms with E-state index in [1.165, 1.54) is 0 Å². The van der Waals surface area contributed by atoms with Crippen LogP contribution in [0.15, 0.2) is 53.4 Å². The lowest BCUT2D eigenvalue weighted by Gasteiger charge is -2.38. The van der Waals surface area contributed by atoms with Gasteiger partial charge in [-0.2, -0.15) is 0 Å². The summed E-state index contributed by atoms with van der Waals surface area (Å²) >= 11 is 0. The zero-order chi connectivity index (χ0) is 18.0. The summed E-state index contributed by atoms with van der Waals surface area (Å²) in [7, 11) is -4.36. The first-order chi connectivity index (χ1) is 11.9. The fourth-order valence-corrected chi connectivity index (χ4v) is 4.57. The Morgan fingerprint density at radius 3 is 2.20 bits per heavy atom. The quantitative estimate of drug-likeness (QED) is 0.825. The molecular formula is C18H19F2NO3S. The van der Waals surface area contributed by atoms with Crippen LogP contribution < -0.4 is 4.72 Å². The van der Waals surface area contributed by atoms with Crippen molar-refractivity contribution in [1.29, 1.82) is 0 Å². The van der Waals surface area contributed by atoms with Crippen LogP contribution in [0.25, 0.3) is 0 Å². The Kier molecular flexibility index (Phi) is 5.17. The summed E-state index contributed by atoms with van der Waals surface area (Å²) in [6.45, 7) is 0. The van der Waals surface area contributed by atoms with Crippen LogP contribution >= 0.6 is 0 Å².